The molecule has 0 N–H and O–H groups in total. The van der Waals surface area contributed by atoms with Gasteiger partial charge >= 0.3 is 0 Å². The van der Waals surface area contributed by atoms with Gasteiger partial charge < -0.3 is 4.90 Å². The van der Waals surface area contributed by atoms with Crippen LogP contribution in [0.2, 0.25) is 0 Å². The van der Waals surface area contributed by atoms with Crippen LogP contribution < -0.4 is 0 Å². The summed E-state index contributed by atoms with van der Waals surface area (Å²) in [7, 11) is 0. The molecule has 2 rings (SSSR count). The number of ketones is 1. The molecule has 6 heteroatoms. The van der Waals surface area contributed by atoms with E-state index >= 15 is 0 Å². The van der Waals surface area contributed by atoms with E-state index in [-0.39, 0.29) is 23.6 Å². The second-order valence-corrected chi connectivity index (χ2v) is 4.65. The predicted octanol–water partition coefficient (Wildman–Crippen LogP) is 1.71. The molecule has 0 aromatic heterocycles. The zero-order chi connectivity index (χ0) is 14.0. The van der Waals surface area contributed by atoms with E-state index in [1.807, 2.05) is 0 Å². The first-order chi connectivity index (χ1) is 8.99. The Balaban J connectivity index is 2.34. The number of nitro groups is 1. The summed E-state index contributed by atoms with van der Waals surface area (Å²) in [4.78, 5) is 35.4. The van der Waals surface area contributed by atoms with Crippen molar-refractivity contribution in [2.75, 3.05) is 13.1 Å². The van der Waals surface area contributed by atoms with Crippen molar-refractivity contribution in [1.82, 2.24) is 4.90 Å². The Morgan fingerprint density at radius 1 is 1.42 bits per heavy atom. The van der Waals surface area contributed by atoms with E-state index in [2.05, 4.69) is 0 Å². The number of Topliss-reactive ketones (excluding diaryl/α,β-unsaturated/α-hetero) is 1. The third-order valence-corrected chi connectivity index (χ3v) is 3.12. The maximum Gasteiger partial charge on any atom is 0.282 e. The minimum Gasteiger partial charge on any atom is -0.331 e. The highest BCUT2D eigenvalue weighted by molar-refractivity contribution is 6.00. The van der Waals surface area contributed by atoms with Gasteiger partial charge in [-0.1, -0.05) is 6.07 Å². The van der Waals surface area contributed by atoms with Crippen LogP contribution in [0.3, 0.4) is 0 Å². The van der Waals surface area contributed by atoms with Crippen molar-refractivity contribution in [2.24, 2.45) is 0 Å². The van der Waals surface area contributed by atoms with Crippen molar-refractivity contribution in [3.05, 3.63) is 39.4 Å². The molecule has 0 radical (unpaired) electrons. The Kier molecular flexibility index (Phi) is 3.59. The molecule has 0 spiro atoms. The number of likely N-dealkylation sites (tertiary alicyclic amines) is 1. The van der Waals surface area contributed by atoms with Crippen LogP contribution in [0.25, 0.3) is 0 Å². The smallest absolute Gasteiger partial charge is 0.282 e. The first kappa shape index (κ1) is 13.2. The second-order valence-electron chi connectivity index (χ2n) is 4.65. The summed E-state index contributed by atoms with van der Waals surface area (Å²) in [6.07, 6.45) is 1.09. The Hall–Kier alpha value is -2.24. The van der Waals surface area contributed by atoms with Gasteiger partial charge in [-0.2, -0.15) is 0 Å². The average Bonchev–Trinajstić information content (AvgIpc) is 2.37. The zero-order valence-electron chi connectivity index (χ0n) is 10.6. The summed E-state index contributed by atoms with van der Waals surface area (Å²) in [6.45, 7) is 2.28. The van der Waals surface area contributed by atoms with Crippen LogP contribution in [0.15, 0.2) is 18.2 Å². The number of nitrogens with zero attached hydrogens (tertiary/aromatic N) is 2. The number of hydrogen-bond donors (Lipinski definition) is 0. The predicted molar refractivity (Wildman–Crippen MR) is 68.0 cm³/mol. The van der Waals surface area contributed by atoms with Crippen LogP contribution in [-0.4, -0.2) is 34.6 Å². The number of hydrogen-bond acceptors (Lipinski definition) is 4. The lowest BCUT2D eigenvalue weighted by molar-refractivity contribution is -0.385. The molecule has 0 aliphatic carbocycles. The van der Waals surface area contributed by atoms with Gasteiger partial charge in [-0.05, 0) is 25.0 Å². The molecule has 1 fully saturated rings. The molecule has 1 aromatic rings. The van der Waals surface area contributed by atoms with Crippen LogP contribution in [0.4, 0.5) is 5.69 Å². The number of piperidine rings is 1. The fraction of sp³-hybridized carbons (Fsp3) is 0.385. The summed E-state index contributed by atoms with van der Waals surface area (Å²) in [5.41, 5.74) is 0.616. The maximum atomic E-state index is 12.3. The molecule has 1 amide bonds. The van der Waals surface area contributed by atoms with Crippen molar-refractivity contribution in [3.63, 3.8) is 0 Å². The lowest BCUT2D eigenvalue weighted by Crippen LogP contribution is -2.40. The van der Waals surface area contributed by atoms with Gasteiger partial charge in [0.25, 0.3) is 11.6 Å². The fourth-order valence-corrected chi connectivity index (χ4v) is 2.16. The summed E-state index contributed by atoms with van der Waals surface area (Å²) in [5.74, 6) is -0.446. The third-order valence-electron chi connectivity index (χ3n) is 3.12. The first-order valence-electron chi connectivity index (χ1n) is 6.05. The number of rotatable bonds is 2. The van der Waals surface area contributed by atoms with Crippen LogP contribution >= 0.6 is 0 Å². The first-order valence-corrected chi connectivity index (χ1v) is 6.05. The van der Waals surface area contributed by atoms with Crippen molar-refractivity contribution < 1.29 is 14.5 Å². The molecule has 0 saturated carbocycles. The van der Waals surface area contributed by atoms with Gasteiger partial charge in [-0.3, -0.25) is 19.7 Å². The second kappa shape index (κ2) is 5.17. The van der Waals surface area contributed by atoms with Gasteiger partial charge in [-0.15, -0.1) is 0 Å². The molecule has 0 atom stereocenters. The Bertz CT molecular complexity index is 554. The van der Waals surface area contributed by atoms with Gasteiger partial charge in [0.1, 0.15) is 5.56 Å². The quantitative estimate of drug-likeness (QED) is 0.600. The molecule has 0 unspecified atom stereocenters. The number of nitro benzene ring substituents is 1. The highest BCUT2D eigenvalue weighted by atomic mass is 16.6. The standard InChI is InChI=1S/C13H14N2O4/c1-9-4-5-12(15(18)19)11(7-9)13(17)14-6-2-3-10(16)8-14/h4-5,7H,2-3,6,8H2,1H3. The van der Waals surface area contributed by atoms with Crippen LogP contribution in [0, 0.1) is 17.0 Å². The van der Waals surface area contributed by atoms with Gasteiger partial charge in [0, 0.05) is 19.0 Å². The van der Waals surface area contributed by atoms with E-state index in [1.54, 1.807) is 13.0 Å². The van der Waals surface area contributed by atoms with E-state index in [0.29, 0.717) is 19.4 Å². The SMILES string of the molecule is Cc1ccc([N+](=O)[O-])c(C(=O)N2CCCC(=O)C2)c1. The van der Waals surface area contributed by atoms with E-state index < -0.39 is 10.8 Å². The molecule has 100 valence electrons. The average molecular weight is 262 g/mol. The lowest BCUT2D eigenvalue weighted by Gasteiger charge is -2.25. The van der Waals surface area contributed by atoms with Crippen molar-refractivity contribution >= 4 is 17.4 Å². The largest absolute Gasteiger partial charge is 0.331 e. The number of aryl methyl sites for hydroxylation is 1. The van der Waals surface area contributed by atoms with Gasteiger partial charge in [0.15, 0.2) is 5.78 Å². The fourth-order valence-electron chi connectivity index (χ4n) is 2.16. The number of carbonyl (C=O) groups is 2. The summed E-state index contributed by atoms with van der Waals surface area (Å²) < 4.78 is 0. The monoisotopic (exact) mass is 262 g/mol. The Labute approximate surface area is 110 Å². The lowest BCUT2D eigenvalue weighted by atomic mass is 10.1. The molecule has 1 saturated heterocycles. The number of benzene rings is 1. The van der Waals surface area contributed by atoms with Gasteiger partial charge in [0.05, 0.1) is 11.5 Å². The third kappa shape index (κ3) is 2.78. The molecule has 0 bridgehead atoms. The Morgan fingerprint density at radius 2 is 2.16 bits per heavy atom. The van der Waals surface area contributed by atoms with E-state index in [4.69, 9.17) is 0 Å². The van der Waals surface area contributed by atoms with Crippen molar-refractivity contribution in [2.45, 2.75) is 19.8 Å². The summed E-state index contributed by atoms with van der Waals surface area (Å²) in [6, 6.07) is 4.42. The topological polar surface area (TPSA) is 80.5 Å². The van der Waals surface area contributed by atoms with E-state index in [0.717, 1.165) is 5.56 Å². The van der Waals surface area contributed by atoms with Gasteiger partial charge in [-0.25, -0.2) is 0 Å². The maximum absolute atomic E-state index is 12.3. The van der Waals surface area contributed by atoms with Crippen molar-refractivity contribution in [1.29, 1.82) is 0 Å². The molecule has 1 heterocycles. The Morgan fingerprint density at radius 3 is 2.79 bits per heavy atom. The molecule has 6 nitrogen and oxygen atoms in total. The molecule has 19 heavy (non-hydrogen) atoms. The summed E-state index contributed by atoms with van der Waals surface area (Å²) in [5, 5.41) is 11.0. The minimum atomic E-state index is -0.571. The number of amides is 1. The van der Waals surface area contributed by atoms with Gasteiger partial charge in [0.2, 0.25) is 0 Å². The van der Waals surface area contributed by atoms with E-state index in [1.165, 1.54) is 17.0 Å². The molecule has 1 aromatic carbocycles. The van der Waals surface area contributed by atoms with Crippen LogP contribution in [-0.2, 0) is 4.79 Å². The zero-order valence-corrected chi connectivity index (χ0v) is 10.6. The van der Waals surface area contributed by atoms with Crippen LogP contribution in [0.1, 0.15) is 28.8 Å². The molecule has 1 aliphatic rings. The highest BCUT2D eigenvalue weighted by Gasteiger charge is 2.27. The van der Waals surface area contributed by atoms with Crippen LogP contribution in [0.5, 0.6) is 0 Å². The number of carbonyl (C=O) groups excluding carboxylic acids is 2. The molecule has 1 aliphatic heterocycles. The molecular weight excluding hydrogens is 248 g/mol. The van der Waals surface area contributed by atoms with E-state index in [9.17, 15) is 19.7 Å². The summed E-state index contributed by atoms with van der Waals surface area (Å²) >= 11 is 0. The minimum absolute atomic E-state index is 0.00472. The highest BCUT2D eigenvalue weighted by Crippen LogP contribution is 2.22. The normalized spacial score (nSPS) is 15.4. The van der Waals surface area contributed by atoms with Crippen molar-refractivity contribution in [3.8, 4) is 0 Å². The molecular formula is C13H14N2O4.